The van der Waals surface area contributed by atoms with E-state index < -0.39 is 18.1 Å². The molecule has 5 nitrogen and oxygen atoms in total. The lowest BCUT2D eigenvalue weighted by molar-refractivity contribution is -0.144. The highest BCUT2D eigenvalue weighted by Gasteiger charge is 2.22. The monoisotopic (exact) mass is 238 g/mol. The van der Waals surface area contributed by atoms with E-state index in [-0.39, 0.29) is 24.2 Å². The van der Waals surface area contributed by atoms with Crippen molar-refractivity contribution in [3.63, 3.8) is 0 Å². The molecule has 0 heterocycles. The summed E-state index contributed by atoms with van der Waals surface area (Å²) in [5, 5.41) is 2.47. The Labute approximate surface area is 96.1 Å². The Balaban J connectivity index is 0. The Morgan fingerprint density at radius 1 is 1.27 bits per heavy atom. The molecular weight excluding hydrogens is 220 g/mol. The molecule has 2 atom stereocenters. The maximum atomic E-state index is 11.4. The average Bonchev–Trinajstić information content (AvgIpc) is 2.14. The quantitative estimate of drug-likeness (QED) is 0.679. The number of hydrogen-bond acceptors (Lipinski definition) is 4. The van der Waals surface area contributed by atoms with Crippen LogP contribution in [-0.4, -0.2) is 31.1 Å². The molecule has 0 aliphatic heterocycles. The molecule has 1 amide bonds. The van der Waals surface area contributed by atoms with Crippen molar-refractivity contribution in [3.05, 3.63) is 0 Å². The lowest BCUT2D eigenvalue weighted by atomic mass is 10.0. The zero-order chi connectivity index (χ0) is 11.3. The summed E-state index contributed by atoms with van der Waals surface area (Å²) < 4.78 is 4.46. The summed E-state index contributed by atoms with van der Waals surface area (Å²) in [5.74, 6) is -0.771. The summed E-state index contributed by atoms with van der Waals surface area (Å²) in [7, 11) is 1.27. The molecule has 0 aliphatic carbocycles. The molecule has 90 valence electrons. The van der Waals surface area contributed by atoms with E-state index in [9.17, 15) is 9.59 Å². The molecule has 0 aliphatic rings. The van der Waals surface area contributed by atoms with Gasteiger partial charge in [-0.2, -0.15) is 0 Å². The lowest BCUT2D eigenvalue weighted by Crippen LogP contribution is -2.49. The maximum absolute atomic E-state index is 11.4. The van der Waals surface area contributed by atoms with Crippen molar-refractivity contribution in [1.82, 2.24) is 5.32 Å². The third-order valence-electron chi connectivity index (χ3n) is 1.93. The van der Waals surface area contributed by atoms with Crippen LogP contribution in [0.5, 0.6) is 0 Å². The second kappa shape index (κ2) is 7.48. The molecule has 0 unspecified atom stereocenters. The highest BCUT2D eigenvalue weighted by molar-refractivity contribution is 5.87. The molecule has 0 saturated carbocycles. The van der Waals surface area contributed by atoms with Gasteiger partial charge in [0.2, 0.25) is 5.91 Å². The standard InChI is InChI=1S/C9H18N2O3.ClH/c1-5(2)7(10)8(12)11-6(3)9(13)14-4;/h5-7H,10H2,1-4H3,(H,11,12);1H/t6-,7+;/m1./s1. The Hall–Kier alpha value is -0.810. The molecule has 0 bridgehead atoms. The predicted molar refractivity (Wildman–Crippen MR) is 59.7 cm³/mol. The van der Waals surface area contributed by atoms with Gasteiger partial charge in [-0.15, -0.1) is 12.4 Å². The van der Waals surface area contributed by atoms with Gasteiger partial charge in [0.15, 0.2) is 0 Å². The van der Waals surface area contributed by atoms with E-state index in [1.165, 1.54) is 7.11 Å². The van der Waals surface area contributed by atoms with E-state index in [4.69, 9.17) is 5.73 Å². The van der Waals surface area contributed by atoms with Gasteiger partial charge in [-0.3, -0.25) is 4.79 Å². The highest BCUT2D eigenvalue weighted by atomic mass is 35.5. The molecule has 0 rings (SSSR count). The summed E-state index contributed by atoms with van der Waals surface area (Å²) in [6, 6.07) is -1.25. The van der Waals surface area contributed by atoms with E-state index in [1.807, 2.05) is 13.8 Å². The fourth-order valence-electron chi connectivity index (χ4n) is 0.848. The molecule has 3 N–H and O–H groups in total. The van der Waals surface area contributed by atoms with E-state index in [2.05, 4.69) is 10.1 Å². The fourth-order valence-corrected chi connectivity index (χ4v) is 0.848. The van der Waals surface area contributed by atoms with Gasteiger partial charge in [0, 0.05) is 0 Å². The first-order valence-corrected chi connectivity index (χ1v) is 4.54. The average molecular weight is 239 g/mol. The summed E-state index contributed by atoms with van der Waals surface area (Å²) in [5.41, 5.74) is 5.59. The van der Waals surface area contributed by atoms with Crippen LogP contribution in [-0.2, 0) is 14.3 Å². The number of methoxy groups -OCH3 is 1. The highest BCUT2D eigenvalue weighted by Crippen LogP contribution is 1.98. The second-order valence-corrected chi connectivity index (χ2v) is 3.52. The molecular formula is C9H19ClN2O3. The molecule has 0 spiro atoms. The maximum Gasteiger partial charge on any atom is 0.328 e. The minimum absolute atomic E-state index is 0. The number of rotatable bonds is 4. The number of hydrogen-bond donors (Lipinski definition) is 2. The van der Waals surface area contributed by atoms with Gasteiger partial charge in [-0.1, -0.05) is 13.8 Å². The Bertz CT molecular complexity index is 221. The summed E-state index contributed by atoms with van der Waals surface area (Å²) in [6.45, 7) is 5.23. The van der Waals surface area contributed by atoms with Crippen molar-refractivity contribution in [1.29, 1.82) is 0 Å². The number of esters is 1. The van der Waals surface area contributed by atoms with Gasteiger partial charge >= 0.3 is 5.97 Å². The molecule has 15 heavy (non-hydrogen) atoms. The Kier molecular flexibility index (Phi) is 8.28. The summed E-state index contributed by atoms with van der Waals surface area (Å²) >= 11 is 0. The third-order valence-corrected chi connectivity index (χ3v) is 1.93. The van der Waals surface area contributed by atoms with E-state index in [1.54, 1.807) is 6.92 Å². The number of carbonyl (C=O) groups excluding carboxylic acids is 2. The second-order valence-electron chi connectivity index (χ2n) is 3.52. The predicted octanol–water partition coefficient (Wildman–Crippen LogP) is 0.0692. The van der Waals surface area contributed by atoms with E-state index in [0.717, 1.165) is 0 Å². The van der Waals surface area contributed by atoms with Gasteiger partial charge in [0.1, 0.15) is 6.04 Å². The van der Waals surface area contributed by atoms with Crippen LogP contribution in [0.3, 0.4) is 0 Å². The topological polar surface area (TPSA) is 81.4 Å². The summed E-state index contributed by atoms with van der Waals surface area (Å²) in [6.07, 6.45) is 0. The van der Waals surface area contributed by atoms with Crippen molar-refractivity contribution < 1.29 is 14.3 Å². The van der Waals surface area contributed by atoms with E-state index >= 15 is 0 Å². The minimum atomic E-state index is -0.655. The van der Waals surface area contributed by atoms with Crippen molar-refractivity contribution >= 4 is 24.3 Å². The number of amides is 1. The third kappa shape index (κ3) is 5.59. The first kappa shape index (κ1) is 16.6. The van der Waals surface area contributed by atoms with Crippen LogP contribution >= 0.6 is 12.4 Å². The van der Waals surface area contributed by atoms with Crippen LogP contribution in [0.25, 0.3) is 0 Å². The molecule has 0 aromatic rings. The smallest absolute Gasteiger partial charge is 0.328 e. The minimum Gasteiger partial charge on any atom is -0.467 e. The van der Waals surface area contributed by atoms with Gasteiger partial charge in [-0.25, -0.2) is 4.79 Å². The van der Waals surface area contributed by atoms with Gasteiger partial charge < -0.3 is 15.8 Å². The normalized spacial score (nSPS) is 13.7. The number of nitrogens with one attached hydrogen (secondary N) is 1. The molecule has 0 aromatic carbocycles. The van der Waals surface area contributed by atoms with Gasteiger partial charge in [0.05, 0.1) is 13.2 Å². The van der Waals surface area contributed by atoms with Gasteiger partial charge in [-0.05, 0) is 12.8 Å². The zero-order valence-electron chi connectivity index (χ0n) is 9.44. The van der Waals surface area contributed by atoms with Crippen LogP contribution in [0.2, 0.25) is 0 Å². The molecule has 6 heteroatoms. The first-order chi connectivity index (χ1) is 6.40. The largest absolute Gasteiger partial charge is 0.467 e. The van der Waals surface area contributed by atoms with Crippen LogP contribution in [0.1, 0.15) is 20.8 Å². The molecule has 0 aromatic heterocycles. The number of nitrogens with two attached hydrogens (primary N) is 1. The van der Waals surface area contributed by atoms with E-state index in [0.29, 0.717) is 0 Å². The van der Waals surface area contributed by atoms with Crippen LogP contribution < -0.4 is 11.1 Å². The van der Waals surface area contributed by atoms with Crippen molar-refractivity contribution in [2.45, 2.75) is 32.9 Å². The molecule has 0 fully saturated rings. The lowest BCUT2D eigenvalue weighted by Gasteiger charge is -2.18. The van der Waals surface area contributed by atoms with Gasteiger partial charge in [0.25, 0.3) is 0 Å². The number of ether oxygens (including phenoxy) is 1. The molecule has 0 saturated heterocycles. The first-order valence-electron chi connectivity index (χ1n) is 4.54. The molecule has 0 radical (unpaired) electrons. The van der Waals surface area contributed by atoms with Crippen molar-refractivity contribution in [3.8, 4) is 0 Å². The van der Waals surface area contributed by atoms with Crippen LogP contribution in [0.15, 0.2) is 0 Å². The van der Waals surface area contributed by atoms with Crippen molar-refractivity contribution in [2.75, 3.05) is 7.11 Å². The fraction of sp³-hybridized carbons (Fsp3) is 0.778. The SMILES string of the molecule is COC(=O)[C@@H](C)NC(=O)[C@@H](N)C(C)C.Cl. The number of carbonyl (C=O) groups is 2. The van der Waals surface area contributed by atoms with Crippen LogP contribution in [0.4, 0.5) is 0 Å². The van der Waals surface area contributed by atoms with Crippen LogP contribution in [0, 0.1) is 5.92 Å². The Morgan fingerprint density at radius 2 is 1.73 bits per heavy atom. The number of halogens is 1. The Morgan fingerprint density at radius 3 is 2.07 bits per heavy atom. The van der Waals surface area contributed by atoms with Crippen molar-refractivity contribution in [2.24, 2.45) is 11.7 Å². The zero-order valence-corrected chi connectivity index (χ0v) is 10.3. The summed E-state index contributed by atoms with van der Waals surface area (Å²) in [4.78, 5) is 22.3.